The van der Waals surface area contributed by atoms with Gasteiger partial charge in [0.15, 0.2) is 11.9 Å². The molecule has 21 heavy (non-hydrogen) atoms. The molecule has 0 amide bonds. The van der Waals surface area contributed by atoms with Crippen LogP contribution in [-0.2, 0) is 14.3 Å². The lowest BCUT2D eigenvalue weighted by atomic mass is 10.1. The zero-order chi connectivity index (χ0) is 15.7. The molecular weight excluding hydrogens is 276 g/mol. The van der Waals surface area contributed by atoms with Gasteiger partial charge in [-0.25, -0.2) is 4.79 Å². The van der Waals surface area contributed by atoms with E-state index in [1.165, 1.54) is 25.7 Å². The van der Waals surface area contributed by atoms with E-state index in [0.29, 0.717) is 6.61 Å². The van der Waals surface area contributed by atoms with Crippen LogP contribution in [0.5, 0.6) is 0 Å². The third kappa shape index (κ3) is 5.55. The van der Waals surface area contributed by atoms with Crippen LogP contribution in [0, 0.1) is 0 Å². The second-order valence-electron chi connectivity index (χ2n) is 5.26. The van der Waals surface area contributed by atoms with Crippen LogP contribution in [0.15, 0.2) is 11.5 Å². The van der Waals surface area contributed by atoms with Gasteiger partial charge in [0.1, 0.15) is 6.10 Å². The lowest BCUT2D eigenvalue weighted by Gasteiger charge is -2.13. The van der Waals surface area contributed by atoms with Crippen molar-refractivity contribution in [2.45, 2.75) is 64.1 Å². The minimum Gasteiger partial charge on any atom is -0.505 e. The minimum absolute atomic E-state index is 0.251. The number of hydrogen-bond donors (Lipinski definition) is 3. The Bertz CT molecular complexity index is 352. The van der Waals surface area contributed by atoms with E-state index in [4.69, 9.17) is 14.6 Å². The average Bonchev–Trinajstić information content (AvgIpc) is 2.76. The highest BCUT2D eigenvalue weighted by Gasteiger charge is 2.40. The van der Waals surface area contributed by atoms with Crippen LogP contribution in [0.2, 0.25) is 0 Å². The first-order valence-electron chi connectivity index (χ1n) is 7.67. The summed E-state index contributed by atoms with van der Waals surface area (Å²) in [4.78, 5) is 11.5. The summed E-state index contributed by atoms with van der Waals surface area (Å²) >= 11 is 0. The van der Waals surface area contributed by atoms with Crippen LogP contribution in [0.25, 0.3) is 0 Å². The fraction of sp³-hybridized carbons (Fsp3) is 0.800. The second kappa shape index (κ2) is 9.63. The molecule has 0 unspecified atom stereocenters. The topological polar surface area (TPSA) is 96.2 Å². The van der Waals surface area contributed by atoms with Crippen molar-refractivity contribution in [2.75, 3.05) is 13.2 Å². The van der Waals surface area contributed by atoms with Gasteiger partial charge in [-0.05, 0) is 6.42 Å². The van der Waals surface area contributed by atoms with Crippen LogP contribution < -0.4 is 0 Å². The molecule has 1 rings (SSSR count). The maximum atomic E-state index is 11.5. The molecule has 122 valence electrons. The molecule has 0 radical (unpaired) electrons. The molecule has 0 aromatic carbocycles. The van der Waals surface area contributed by atoms with Crippen molar-refractivity contribution in [2.24, 2.45) is 0 Å². The summed E-state index contributed by atoms with van der Waals surface area (Å²) in [7, 11) is 0. The molecule has 1 heterocycles. The van der Waals surface area contributed by atoms with Crippen molar-refractivity contribution in [3.05, 3.63) is 11.5 Å². The van der Waals surface area contributed by atoms with Gasteiger partial charge in [0.25, 0.3) is 0 Å². The van der Waals surface area contributed by atoms with E-state index in [9.17, 15) is 15.0 Å². The lowest BCUT2D eigenvalue weighted by Crippen LogP contribution is -2.31. The molecule has 2 atom stereocenters. The Morgan fingerprint density at radius 3 is 2.43 bits per heavy atom. The highest BCUT2D eigenvalue weighted by atomic mass is 16.6. The van der Waals surface area contributed by atoms with Gasteiger partial charge in [-0.15, -0.1) is 0 Å². The van der Waals surface area contributed by atoms with Crippen LogP contribution in [0.3, 0.4) is 0 Å². The number of unbranched alkanes of at least 4 members (excludes halogenated alkanes) is 6. The quantitative estimate of drug-likeness (QED) is 0.398. The van der Waals surface area contributed by atoms with Crippen LogP contribution in [-0.4, -0.2) is 46.7 Å². The zero-order valence-electron chi connectivity index (χ0n) is 12.6. The van der Waals surface area contributed by atoms with Crippen molar-refractivity contribution in [1.82, 2.24) is 0 Å². The maximum absolute atomic E-state index is 11.5. The van der Waals surface area contributed by atoms with Crippen molar-refractivity contribution in [3.63, 3.8) is 0 Å². The van der Waals surface area contributed by atoms with Gasteiger partial charge in [-0.3, -0.25) is 0 Å². The van der Waals surface area contributed by atoms with Crippen molar-refractivity contribution >= 4 is 5.97 Å². The summed E-state index contributed by atoms with van der Waals surface area (Å²) in [6.07, 6.45) is 5.30. The van der Waals surface area contributed by atoms with Gasteiger partial charge in [0.05, 0.1) is 13.2 Å². The van der Waals surface area contributed by atoms with E-state index < -0.39 is 30.5 Å². The molecule has 0 spiro atoms. The van der Waals surface area contributed by atoms with Crippen molar-refractivity contribution in [1.29, 1.82) is 0 Å². The SMILES string of the molecule is CCCCCCCCCOC1=C(O)[C@@H]([C@@H](O)CO)OC1=O. The van der Waals surface area contributed by atoms with E-state index >= 15 is 0 Å². The molecule has 0 fully saturated rings. The summed E-state index contributed by atoms with van der Waals surface area (Å²) in [5, 5.41) is 28.0. The Balaban J connectivity index is 2.24. The highest BCUT2D eigenvalue weighted by Crippen LogP contribution is 2.24. The number of aliphatic hydroxyl groups is 3. The number of hydrogen-bond acceptors (Lipinski definition) is 6. The summed E-state index contributed by atoms with van der Waals surface area (Å²) in [5.74, 6) is -1.49. The number of esters is 1. The smallest absolute Gasteiger partial charge is 0.378 e. The second-order valence-corrected chi connectivity index (χ2v) is 5.26. The number of carbonyl (C=O) groups is 1. The average molecular weight is 302 g/mol. The Kier molecular flexibility index (Phi) is 8.15. The first-order valence-corrected chi connectivity index (χ1v) is 7.67. The largest absolute Gasteiger partial charge is 0.505 e. The monoisotopic (exact) mass is 302 g/mol. The van der Waals surface area contributed by atoms with Gasteiger partial charge < -0.3 is 24.8 Å². The predicted molar refractivity (Wildman–Crippen MR) is 76.6 cm³/mol. The van der Waals surface area contributed by atoms with Crippen LogP contribution in [0.1, 0.15) is 51.9 Å². The highest BCUT2D eigenvalue weighted by molar-refractivity contribution is 5.89. The fourth-order valence-corrected chi connectivity index (χ4v) is 2.18. The standard InChI is InChI=1S/C15H26O6/c1-2-3-4-5-6-7-8-9-20-14-12(18)13(11(17)10-16)21-15(14)19/h11,13,16-18H,2-10H2,1H3/t11-,13+/m0/s1. The Hall–Kier alpha value is -1.27. The Morgan fingerprint density at radius 1 is 1.19 bits per heavy atom. The van der Waals surface area contributed by atoms with Gasteiger partial charge >= 0.3 is 5.97 Å². The molecule has 3 N–H and O–H groups in total. The van der Waals surface area contributed by atoms with E-state index in [1.807, 2.05) is 0 Å². The van der Waals surface area contributed by atoms with Crippen LogP contribution in [0.4, 0.5) is 0 Å². The normalized spacial score (nSPS) is 19.8. The summed E-state index contributed by atoms with van der Waals surface area (Å²) < 4.78 is 10.0. The third-order valence-corrected chi connectivity index (χ3v) is 3.45. The molecule has 6 nitrogen and oxygen atoms in total. The van der Waals surface area contributed by atoms with Crippen LogP contribution >= 0.6 is 0 Å². The molecule has 0 saturated carbocycles. The predicted octanol–water partition coefficient (Wildman–Crippen LogP) is 1.80. The third-order valence-electron chi connectivity index (χ3n) is 3.45. The number of rotatable bonds is 11. The fourth-order valence-electron chi connectivity index (χ4n) is 2.18. The Labute approximate surface area is 125 Å². The molecule has 6 heteroatoms. The molecule has 0 aromatic heterocycles. The molecule has 1 aliphatic heterocycles. The van der Waals surface area contributed by atoms with Gasteiger partial charge in [-0.1, -0.05) is 45.4 Å². The van der Waals surface area contributed by atoms with E-state index in [2.05, 4.69) is 6.92 Å². The minimum atomic E-state index is -1.34. The molecule has 0 aromatic rings. The Morgan fingerprint density at radius 2 is 1.81 bits per heavy atom. The zero-order valence-corrected chi connectivity index (χ0v) is 12.6. The van der Waals surface area contributed by atoms with Gasteiger partial charge in [0.2, 0.25) is 5.76 Å². The number of ether oxygens (including phenoxy) is 2. The number of carbonyl (C=O) groups excluding carboxylic acids is 1. The van der Waals surface area contributed by atoms with Crippen molar-refractivity contribution in [3.8, 4) is 0 Å². The van der Waals surface area contributed by atoms with Gasteiger partial charge in [0, 0.05) is 0 Å². The molecular formula is C15H26O6. The summed E-state index contributed by atoms with van der Waals surface area (Å²) in [5.41, 5.74) is 0. The first kappa shape index (κ1) is 17.8. The molecule has 0 aliphatic carbocycles. The van der Waals surface area contributed by atoms with E-state index in [0.717, 1.165) is 19.3 Å². The van der Waals surface area contributed by atoms with E-state index in [1.54, 1.807) is 0 Å². The molecule has 0 bridgehead atoms. The van der Waals surface area contributed by atoms with Gasteiger partial charge in [-0.2, -0.15) is 0 Å². The summed E-state index contributed by atoms with van der Waals surface area (Å²) in [6, 6.07) is 0. The molecule has 1 aliphatic rings. The maximum Gasteiger partial charge on any atom is 0.378 e. The summed E-state index contributed by atoms with van der Waals surface area (Å²) in [6.45, 7) is 1.90. The first-order chi connectivity index (χ1) is 10.1. The lowest BCUT2D eigenvalue weighted by molar-refractivity contribution is -0.148. The number of aliphatic hydroxyl groups excluding tert-OH is 3. The van der Waals surface area contributed by atoms with E-state index in [-0.39, 0.29) is 5.76 Å². The van der Waals surface area contributed by atoms with Crippen molar-refractivity contribution < 1.29 is 29.6 Å². The number of cyclic esters (lactones) is 1. The molecule has 0 saturated heterocycles.